The number of primary amides is 1. The topological polar surface area (TPSA) is 94.1 Å². The summed E-state index contributed by atoms with van der Waals surface area (Å²) in [5, 5.41) is 4.34. The molecule has 182 valence electrons. The van der Waals surface area contributed by atoms with Crippen LogP contribution < -0.4 is 5.73 Å². The lowest BCUT2D eigenvalue weighted by molar-refractivity contribution is -0.150. The molecule has 0 atom stereocenters. The Balaban J connectivity index is 1.43. The van der Waals surface area contributed by atoms with Gasteiger partial charge in [-0.25, -0.2) is 13.2 Å². The van der Waals surface area contributed by atoms with Crippen LogP contribution in [0.25, 0.3) is 11.3 Å². The molecule has 2 aliphatic rings. The molecule has 1 fully saturated rings. The van der Waals surface area contributed by atoms with E-state index in [0.29, 0.717) is 16.8 Å². The second-order valence-electron chi connectivity index (χ2n) is 9.11. The van der Waals surface area contributed by atoms with Crippen molar-refractivity contribution in [2.24, 2.45) is 5.73 Å². The van der Waals surface area contributed by atoms with Crippen molar-refractivity contribution in [2.75, 3.05) is 6.54 Å². The normalized spacial score (nSPS) is 18.0. The van der Waals surface area contributed by atoms with Crippen LogP contribution in [0.15, 0.2) is 42.7 Å². The van der Waals surface area contributed by atoms with Gasteiger partial charge in [0.05, 0.1) is 29.4 Å². The SMILES string of the molecule is NC(=O)c1c(-c2ccc(F)c(Cl)c2)nn2c1CN(C(=O)CC1(c3cccnc3)CC(F)(F)C1)CC2. The van der Waals surface area contributed by atoms with Crippen LogP contribution in [0.3, 0.4) is 0 Å². The summed E-state index contributed by atoms with van der Waals surface area (Å²) in [6, 6.07) is 7.35. The first kappa shape index (κ1) is 23.3. The molecule has 0 saturated heterocycles. The summed E-state index contributed by atoms with van der Waals surface area (Å²) in [5.74, 6) is -4.50. The Morgan fingerprint density at radius 1 is 1.17 bits per heavy atom. The van der Waals surface area contributed by atoms with Gasteiger partial charge in [0.1, 0.15) is 11.5 Å². The lowest BCUT2D eigenvalue weighted by Gasteiger charge is -2.48. The highest BCUT2D eigenvalue weighted by molar-refractivity contribution is 6.31. The van der Waals surface area contributed by atoms with Crippen molar-refractivity contribution in [3.63, 3.8) is 0 Å². The summed E-state index contributed by atoms with van der Waals surface area (Å²) < 4.78 is 43.1. The minimum atomic E-state index is -2.83. The van der Waals surface area contributed by atoms with Crippen LogP contribution in [0.2, 0.25) is 5.02 Å². The number of hydrogen-bond acceptors (Lipinski definition) is 4. The number of alkyl halides is 2. The third-order valence-electron chi connectivity index (χ3n) is 6.73. The fourth-order valence-corrected chi connectivity index (χ4v) is 5.26. The number of rotatable bonds is 5. The fraction of sp³-hybridized carbons (Fsp3) is 0.333. The maximum absolute atomic E-state index is 13.9. The Hall–Kier alpha value is -3.40. The average Bonchev–Trinajstić information content (AvgIpc) is 3.19. The largest absolute Gasteiger partial charge is 0.365 e. The molecule has 2 amide bonds. The van der Waals surface area contributed by atoms with E-state index in [4.69, 9.17) is 17.3 Å². The average molecular weight is 504 g/mol. The van der Waals surface area contributed by atoms with Gasteiger partial charge in [-0.1, -0.05) is 17.7 Å². The second-order valence-corrected chi connectivity index (χ2v) is 9.52. The van der Waals surface area contributed by atoms with Gasteiger partial charge in [-0.15, -0.1) is 0 Å². The number of hydrogen-bond donors (Lipinski definition) is 1. The highest BCUT2D eigenvalue weighted by Crippen LogP contribution is 2.55. The van der Waals surface area contributed by atoms with E-state index in [0.717, 1.165) is 0 Å². The monoisotopic (exact) mass is 503 g/mol. The van der Waals surface area contributed by atoms with Crippen LogP contribution in [-0.2, 0) is 23.3 Å². The third-order valence-corrected chi connectivity index (χ3v) is 7.02. The van der Waals surface area contributed by atoms with E-state index in [-0.39, 0.29) is 48.2 Å². The lowest BCUT2D eigenvalue weighted by Crippen LogP contribution is -2.52. The van der Waals surface area contributed by atoms with Gasteiger partial charge in [0.2, 0.25) is 11.8 Å². The molecule has 2 aromatic heterocycles. The molecule has 0 unspecified atom stereocenters. The summed E-state index contributed by atoms with van der Waals surface area (Å²) in [6.45, 7) is 0.611. The van der Waals surface area contributed by atoms with E-state index in [9.17, 15) is 22.8 Å². The molecule has 35 heavy (non-hydrogen) atoms. The number of carbonyl (C=O) groups excluding carboxylic acids is 2. The summed E-state index contributed by atoms with van der Waals surface area (Å²) in [4.78, 5) is 31.2. The lowest BCUT2D eigenvalue weighted by atomic mass is 9.60. The Morgan fingerprint density at radius 2 is 1.94 bits per heavy atom. The van der Waals surface area contributed by atoms with Crippen LogP contribution in [0, 0.1) is 5.82 Å². The molecular weight excluding hydrogens is 483 g/mol. The second kappa shape index (κ2) is 8.37. The number of halogens is 4. The van der Waals surface area contributed by atoms with Crippen molar-refractivity contribution in [1.29, 1.82) is 0 Å². The molecule has 3 heterocycles. The van der Waals surface area contributed by atoms with Gasteiger partial charge in [0.15, 0.2) is 0 Å². The van der Waals surface area contributed by atoms with Crippen molar-refractivity contribution in [3.8, 4) is 11.3 Å². The maximum atomic E-state index is 13.9. The van der Waals surface area contributed by atoms with Crippen LogP contribution in [0.4, 0.5) is 13.2 Å². The highest BCUT2D eigenvalue weighted by Gasteiger charge is 2.58. The first-order valence-corrected chi connectivity index (χ1v) is 11.4. The molecule has 1 aliphatic carbocycles. The van der Waals surface area contributed by atoms with Crippen LogP contribution in [0.1, 0.15) is 40.9 Å². The molecule has 1 aromatic carbocycles. The van der Waals surface area contributed by atoms with Gasteiger partial charge >= 0.3 is 0 Å². The Labute approximate surface area is 203 Å². The summed E-state index contributed by atoms with van der Waals surface area (Å²) in [5.41, 5.74) is 6.47. The number of nitrogens with zero attached hydrogens (tertiary/aromatic N) is 4. The number of benzene rings is 1. The minimum absolute atomic E-state index is 0.0402. The van der Waals surface area contributed by atoms with Crippen molar-refractivity contribution in [1.82, 2.24) is 19.7 Å². The van der Waals surface area contributed by atoms with Gasteiger partial charge < -0.3 is 10.6 Å². The minimum Gasteiger partial charge on any atom is -0.365 e. The maximum Gasteiger partial charge on any atom is 0.252 e. The smallest absolute Gasteiger partial charge is 0.252 e. The van der Waals surface area contributed by atoms with Gasteiger partial charge in [-0.3, -0.25) is 19.3 Å². The molecule has 0 radical (unpaired) electrons. The van der Waals surface area contributed by atoms with Crippen molar-refractivity contribution >= 4 is 23.4 Å². The molecule has 7 nitrogen and oxygen atoms in total. The van der Waals surface area contributed by atoms with Crippen molar-refractivity contribution < 1.29 is 22.8 Å². The zero-order valence-corrected chi connectivity index (χ0v) is 19.2. The van der Waals surface area contributed by atoms with Crippen molar-refractivity contribution in [2.45, 2.75) is 43.7 Å². The van der Waals surface area contributed by atoms with Gasteiger partial charge in [0.25, 0.3) is 5.91 Å². The quantitative estimate of drug-likeness (QED) is 0.570. The van der Waals surface area contributed by atoms with E-state index in [2.05, 4.69) is 10.1 Å². The Morgan fingerprint density at radius 3 is 2.57 bits per heavy atom. The Kier molecular flexibility index (Phi) is 5.58. The summed E-state index contributed by atoms with van der Waals surface area (Å²) in [6.07, 6.45) is 2.13. The summed E-state index contributed by atoms with van der Waals surface area (Å²) in [7, 11) is 0. The van der Waals surface area contributed by atoms with E-state index in [1.165, 1.54) is 29.3 Å². The first-order valence-electron chi connectivity index (χ1n) is 11.0. The number of aromatic nitrogens is 3. The van der Waals surface area contributed by atoms with E-state index in [1.54, 1.807) is 23.0 Å². The van der Waals surface area contributed by atoms with Crippen LogP contribution in [-0.4, -0.2) is 43.9 Å². The highest BCUT2D eigenvalue weighted by atomic mass is 35.5. The molecule has 0 bridgehead atoms. The number of fused-ring (bicyclic) bond motifs is 1. The zero-order chi connectivity index (χ0) is 25.0. The van der Waals surface area contributed by atoms with Crippen molar-refractivity contribution in [3.05, 3.63) is 70.4 Å². The first-order chi connectivity index (χ1) is 16.6. The van der Waals surface area contributed by atoms with Gasteiger partial charge in [-0.05, 0) is 29.8 Å². The van der Waals surface area contributed by atoms with E-state index < -0.39 is 35.9 Å². The standard InChI is InChI=1S/C24H21ClF3N5O2/c25-16-8-14(3-4-17(16)26)21-20(22(29)35)18-11-32(6-7-33(18)31-21)19(34)9-23(12-24(27,28)13-23)15-2-1-5-30-10-15/h1-5,8,10H,6-7,9,11-13H2,(H2,29,35). The molecule has 0 spiro atoms. The third kappa shape index (κ3) is 4.16. The van der Waals surface area contributed by atoms with Crippen LogP contribution in [0.5, 0.6) is 0 Å². The molecule has 1 saturated carbocycles. The molecule has 11 heteroatoms. The molecule has 5 rings (SSSR count). The predicted molar refractivity (Wildman–Crippen MR) is 121 cm³/mol. The van der Waals surface area contributed by atoms with E-state index in [1.807, 2.05) is 0 Å². The summed E-state index contributed by atoms with van der Waals surface area (Å²) >= 11 is 5.90. The number of amides is 2. The fourth-order valence-electron chi connectivity index (χ4n) is 5.08. The molecule has 3 aromatic rings. The van der Waals surface area contributed by atoms with Gasteiger partial charge in [0, 0.05) is 49.2 Å². The number of pyridine rings is 1. The zero-order valence-electron chi connectivity index (χ0n) is 18.5. The number of carbonyl (C=O) groups is 2. The van der Waals surface area contributed by atoms with E-state index >= 15 is 0 Å². The molecular formula is C24H21ClF3N5O2. The molecule has 1 aliphatic heterocycles. The Bertz CT molecular complexity index is 1320. The molecule has 2 N–H and O–H groups in total. The number of nitrogens with two attached hydrogens (primary N) is 1. The van der Waals surface area contributed by atoms with Crippen LogP contribution >= 0.6 is 11.6 Å². The van der Waals surface area contributed by atoms with Gasteiger partial charge in [-0.2, -0.15) is 5.10 Å². The predicted octanol–water partition coefficient (Wildman–Crippen LogP) is 3.94.